The molecular formula is C10H15BrN4O. The SMILES string of the molecule is CNC(=O)CCN(C)c1ncc(N)cc1Br. The van der Waals surface area contributed by atoms with Crippen LogP contribution in [0.4, 0.5) is 11.5 Å². The molecule has 0 fully saturated rings. The molecule has 0 spiro atoms. The quantitative estimate of drug-likeness (QED) is 0.866. The molecule has 0 atom stereocenters. The summed E-state index contributed by atoms with van der Waals surface area (Å²) in [6.45, 7) is 0.606. The number of nitrogens with zero attached hydrogens (tertiary/aromatic N) is 2. The van der Waals surface area contributed by atoms with Crippen molar-refractivity contribution in [2.75, 3.05) is 31.3 Å². The highest BCUT2D eigenvalue weighted by molar-refractivity contribution is 9.10. The lowest BCUT2D eigenvalue weighted by atomic mass is 10.3. The second-order valence-electron chi connectivity index (χ2n) is 3.42. The summed E-state index contributed by atoms with van der Waals surface area (Å²) < 4.78 is 0.826. The third kappa shape index (κ3) is 3.37. The number of hydrogen-bond acceptors (Lipinski definition) is 4. The minimum atomic E-state index is 0.0124. The standard InChI is InChI=1S/C10H15BrN4O/c1-13-9(16)3-4-15(2)10-8(11)5-7(12)6-14-10/h5-6H,3-4,12H2,1-2H3,(H,13,16). The summed E-state index contributed by atoms with van der Waals surface area (Å²) in [5.41, 5.74) is 6.20. The lowest BCUT2D eigenvalue weighted by molar-refractivity contribution is -0.120. The second kappa shape index (κ2) is 5.69. The lowest BCUT2D eigenvalue weighted by Crippen LogP contribution is -2.27. The number of aromatic nitrogens is 1. The van der Waals surface area contributed by atoms with E-state index in [1.54, 1.807) is 19.3 Å². The zero-order chi connectivity index (χ0) is 12.1. The molecule has 0 radical (unpaired) electrons. The van der Waals surface area contributed by atoms with Crippen LogP contribution in [0.1, 0.15) is 6.42 Å². The van der Waals surface area contributed by atoms with Crippen molar-refractivity contribution in [1.29, 1.82) is 0 Å². The van der Waals surface area contributed by atoms with Gasteiger partial charge >= 0.3 is 0 Å². The number of anilines is 2. The van der Waals surface area contributed by atoms with Gasteiger partial charge in [0.2, 0.25) is 5.91 Å². The average molecular weight is 287 g/mol. The highest BCUT2D eigenvalue weighted by atomic mass is 79.9. The van der Waals surface area contributed by atoms with Crippen LogP contribution in [0, 0.1) is 0 Å². The van der Waals surface area contributed by atoms with Crippen LogP contribution >= 0.6 is 15.9 Å². The second-order valence-corrected chi connectivity index (χ2v) is 4.27. The first-order valence-corrected chi connectivity index (χ1v) is 5.66. The van der Waals surface area contributed by atoms with Crippen LogP contribution in [0.3, 0.4) is 0 Å². The summed E-state index contributed by atoms with van der Waals surface area (Å²) in [7, 11) is 3.51. The Labute approximate surface area is 103 Å². The van der Waals surface area contributed by atoms with Gasteiger partial charge in [-0.1, -0.05) is 0 Å². The van der Waals surface area contributed by atoms with Crippen molar-refractivity contribution in [3.63, 3.8) is 0 Å². The monoisotopic (exact) mass is 286 g/mol. The number of hydrogen-bond donors (Lipinski definition) is 2. The van der Waals surface area contributed by atoms with Gasteiger partial charge in [0.25, 0.3) is 0 Å². The molecule has 6 heteroatoms. The van der Waals surface area contributed by atoms with Crippen LogP contribution in [0.25, 0.3) is 0 Å². The van der Waals surface area contributed by atoms with Gasteiger partial charge in [-0.15, -0.1) is 0 Å². The predicted molar refractivity (Wildman–Crippen MR) is 68.3 cm³/mol. The Hall–Kier alpha value is -1.30. The summed E-state index contributed by atoms with van der Waals surface area (Å²) in [4.78, 5) is 17.2. The summed E-state index contributed by atoms with van der Waals surface area (Å²) >= 11 is 3.39. The van der Waals surface area contributed by atoms with Crippen LogP contribution in [-0.4, -0.2) is 31.5 Å². The largest absolute Gasteiger partial charge is 0.397 e. The van der Waals surface area contributed by atoms with E-state index < -0.39 is 0 Å². The fourth-order valence-corrected chi connectivity index (χ4v) is 1.90. The van der Waals surface area contributed by atoms with Crippen molar-refractivity contribution < 1.29 is 4.79 Å². The molecule has 0 aromatic carbocycles. The summed E-state index contributed by atoms with van der Waals surface area (Å²) in [6.07, 6.45) is 2.03. The average Bonchev–Trinajstić information content (AvgIpc) is 2.25. The van der Waals surface area contributed by atoms with Crippen molar-refractivity contribution in [3.8, 4) is 0 Å². The first-order chi connectivity index (χ1) is 7.54. The number of amides is 1. The highest BCUT2D eigenvalue weighted by Gasteiger charge is 2.09. The van der Waals surface area contributed by atoms with Crippen molar-refractivity contribution in [2.24, 2.45) is 0 Å². The van der Waals surface area contributed by atoms with Gasteiger partial charge in [-0.2, -0.15) is 0 Å². The lowest BCUT2D eigenvalue weighted by Gasteiger charge is -2.19. The Morgan fingerprint density at radius 1 is 1.69 bits per heavy atom. The first kappa shape index (κ1) is 12.8. The molecule has 1 rings (SSSR count). The number of nitrogens with one attached hydrogen (secondary N) is 1. The Morgan fingerprint density at radius 2 is 2.38 bits per heavy atom. The Morgan fingerprint density at radius 3 is 2.94 bits per heavy atom. The third-order valence-electron chi connectivity index (χ3n) is 2.16. The van der Waals surface area contributed by atoms with Gasteiger partial charge in [0.1, 0.15) is 5.82 Å². The van der Waals surface area contributed by atoms with Gasteiger partial charge in [0.05, 0.1) is 16.4 Å². The van der Waals surface area contributed by atoms with Crippen LogP contribution in [0.5, 0.6) is 0 Å². The van der Waals surface area contributed by atoms with E-state index in [-0.39, 0.29) is 5.91 Å². The van der Waals surface area contributed by atoms with E-state index in [4.69, 9.17) is 5.73 Å². The molecule has 88 valence electrons. The number of nitrogen functional groups attached to an aromatic ring is 1. The fraction of sp³-hybridized carbons (Fsp3) is 0.400. The molecule has 0 aliphatic rings. The van der Waals surface area contributed by atoms with Gasteiger partial charge < -0.3 is 16.0 Å². The van der Waals surface area contributed by atoms with Crippen LogP contribution in [-0.2, 0) is 4.79 Å². The zero-order valence-corrected chi connectivity index (χ0v) is 10.9. The maximum Gasteiger partial charge on any atom is 0.221 e. The van der Waals surface area contributed by atoms with Crippen molar-refractivity contribution in [3.05, 3.63) is 16.7 Å². The summed E-state index contributed by atoms with van der Waals surface area (Å²) in [5, 5.41) is 2.58. The van der Waals surface area contributed by atoms with Crippen molar-refractivity contribution >= 4 is 33.3 Å². The number of halogens is 1. The highest BCUT2D eigenvalue weighted by Crippen LogP contribution is 2.24. The molecule has 1 aromatic heterocycles. The van der Waals surface area contributed by atoms with Crippen molar-refractivity contribution in [1.82, 2.24) is 10.3 Å². The number of pyridine rings is 1. The van der Waals surface area contributed by atoms with E-state index in [0.717, 1.165) is 10.3 Å². The van der Waals surface area contributed by atoms with Crippen LogP contribution in [0.15, 0.2) is 16.7 Å². The topological polar surface area (TPSA) is 71.2 Å². The van der Waals surface area contributed by atoms with Gasteiger partial charge in [-0.25, -0.2) is 4.98 Å². The Bertz CT molecular complexity index is 383. The van der Waals surface area contributed by atoms with Gasteiger partial charge in [-0.05, 0) is 22.0 Å². The molecule has 0 bridgehead atoms. The first-order valence-electron chi connectivity index (χ1n) is 4.87. The Balaban J connectivity index is 2.65. The Kier molecular flexibility index (Phi) is 4.54. The smallest absolute Gasteiger partial charge is 0.221 e. The predicted octanol–water partition coefficient (Wildman–Crippen LogP) is 0.999. The minimum absolute atomic E-state index is 0.0124. The maximum absolute atomic E-state index is 11.1. The number of carbonyl (C=O) groups is 1. The van der Waals surface area contributed by atoms with Crippen LogP contribution in [0.2, 0.25) is 0 Å². The molecule has 0 unspecified atom stereocenters. The molecule has 5 nitrogen and oxygen atoms in total. The van der Waals surface area contributed by atoms with Crippen LogP contribution < -0.4 is 16.0 Å². The summed E-state index contributed by atoms with van der Waals surface area (Å²) in [5.74, 6) is 0.788. The molecule has 16 heavy (non-hydrogen) atoms. The molecule has 0 aliphatic carbocycles. The molecule has 0 saturated carbocycles. The van der Waals surface area contributed by atoms with E-state index in [1.807, 2.05) is 11.9 Å². The molecule has 1 heterocycles. The van der Waals surface area contributed by atoms with Gasteiger partial charge in [0.15, 0.2) is 0 Å². The number of nitrogens with two attached hydrogens (primary N) is 1. The van der Waals surface area contributed by atoms with E-state index in [2.05, 4.69) is 26.2 Å². The van der Waals surface area contributed by atoms with E-state index in [0.29, 0.717) is 18.7 Å². The minimum Gasteiger partial charge on any atom is -0.397 e. The fourth-order valence-electron chi connectivity index (χ4n) is 1.23. The normalized spacial score (nSPS) is 9.94. The molecular weight excluding hydrogens is 272 g/mol. The number of carbonyl (C=O) groups excluding carboxylic acids is 1. The molecule has 0 saturated heterocycles. The van der Waals surface area contributed by atoms with Gasteiger partial charge in [0, 0.05) is 27.1 Å². The molecule has 1 amide bonds. The van der Waals surface area contributed by atoms with Gasteiger partial charge in [-0.3, -0.25) is 4.79 Å². The zero-order valence-electron chi connectivity index (χ0n) is 9.33. The number of rotatable bonds is 4. The molecule has 0 aliphatic heterocycles. The maximum atomic E-state index is 11.1. The van der Waals surface area contributed by atoms with E-state index in [9.17, 15) is 4.79 Å². The van der Waals surface area contributed by atoms with E-state index >= 15 is 0 Å². The third-order valence-corrected chi connectivity index (χ3v) is 2.74. The molecule has 1 aromatic rings. The molecule has 3 N–H and O–H groups in total. The van der Waals surface area contributed by atoms with E-state index in [1.165, 1.54) is 0 Å². The van der Waals surface area contributed by atoms with Crippen molar-refractivity contribution in [2.45, 2.75) is 6.42 Å². The summed E-state index contributed by atoms with van der Waals surface area (Å²) in [6, 6.07) is 1.79.